The number of alkyl halides is 3. The van der Waals surface area contributed by atoms with Gasteiger partial charge in [0.05, 0.1) is 0 Å². The zero-order valence-corrected chi connectivity index (χ0v) is 10.1. The van der Waals surface area contributed by atoms with Crippen LogP contribution in [0.1, 0.15) is 0 Å². The van der Waals surface area contributed by atoms with E-state index in [2.05, 4.69) is 4.98 Å². The second kappa shape index (κ2) is 4.41. The molecule has 2 aromatic heterocycles. The summed E-state index contributed by atoms with van der Waals surface area (Å²) in [4.78, 5) is 2.63. The van der Waals surface area contributed by atoms with E-state index in [0.29, 0.717) is 6.20 Å². The third-order valence-electron chi connectivity index (χ3n) is 2.08. The van der Waals surface area contributed by atoms with Gasteiger partial charge in [-0.15, -0.1) is 25.6 Å². The first kappa shape index (κ1) is 14.7. The van der Waals surface area contributed by atoms with Gasteiger partial charge >= 0.3 is 6.30 Å². The van der Waals surface area contributed by atoms with Crippen LogP contribution in [0, 0.1) is 0 Å². The third kappa shape index (κ3) is 2.42. The van der Waals surface area contributed by atoms with Crippen molar-refractivity contribution in [2.75, 3.05) is 0 Å². The Bertz CT molecular complexity index is 680. The monoisotopic (exact) mass is 302 g/mol. The molecule has 0 bridgehead atoms. The molecular formula is C8H6ClF3N2O3S. The number of hydrogen-bond donors (Lipinski definition) is 1. The van der Waals surface area contributed by atoms with E-state index in [-0.39, 0.29) is 22.4 Å². The number of hydrogen-bond acceptors (Lipinski definition) is 3. The molecule has 100 valence electrons. The van der Waals surface area contributed by atoms with Gasteiger partial charge in [-0.1, -0.05) is 0 Å². The van der Waals surface area contributed by atoms with Crippen LogP contribution in [0.5, 0.6) is 0 Å². The number of fused-ring (bicyclic) bond motifs is 1. The van der Waals surface area contributed by atoms with E-state index in [0.717, 1.165) is 12.3 Å². The van der Waals surface area contributed by atoms with Crippen molar-refractivity contribution in [2.24, 2.45) is 0 Å². The topological polar surface area (TPSA) is 72.2 Å². The van der Waals surface area contributed by atoms with Crippen LogP contribution in [-0.2, 0) is 16.4 Å². The van der Waals surface area contributed by atoms with Gasteiger partial charge in [0.1, 0.15) is 10.5 Å². The minimum absolute atomic E-state index is 0. The van der Waals surface area contributed by atoms with Crippen LogP contribution >= 0.6 is 12.4 Å². The van der Waals surface area contributed by atoms with Crippen molar-refractivity contribution in [3.63, 3.8) is 0 Å². The van der Waals surface area contributed by atoms with Crippen LogP contribution in [0.4, 0.5) is 13.2 Å². The lowest BCUT2D eigenvalue weighted by Crippen LogP contribution is -2.15. The largest absolute Gasteiger partial charge is 0.490 e. The standard InChI is InChI=1S/C8H5F3N2O3S.ClH/c9-8(10,11)13-4-6(17(14,15)16)5-2-1-3-12-7(5)13;/h1-4H,(H,14,15,16);1H. The van der Waals surface area contributed by atoms with Crippen molar-refractivity contribution in [2.45, 2.75) is 11.2 Å². The summed E-state index contributed by atoms with van der Waals surface area (Å²) in [5.74, 6) is 0. The van der Waals surface area contributed by atoms with Crippen LogP contribution in [0.3, 0.4) is 0 Å². The molecule has 5 nitrogen and oxygen atoms in total. The lowest BCUT2D eigenvalue weighted by atomic mass is 10.3. The molecule has 2 aromatic rings. The van der Waals surface area contributed by atoms with E-state index in [1.807, 2.05) is 0 Å². The van der Waals surface area contributed by atoms with Crippen molar-refractivity contribution in [3.05, 3.63) is 24.5 Å². The Morgan fingerprint density at radius 1 is 1.33 bits per heavy atom. The van der Waals surface area contributed by atoms with Gasteiger partial charge in [0, 0.05) is 17.8 Å². The summed E-state index contributed by atoms with van der Waals surface area (Å²) in [6.07, 6.45) is -3.42. The summed E-state index contributed by atoms with van der Waals surface area (Å²) in [5.41, 5.74) is -0.576. The summed E-state index contributed by atoms with van der Waals surface area (Å²) < 4.78 is 68.1. The summed E-state index contributed by atoms with van der Waals surface area (Å²) in [6.45, 7) is 0. The molecule has 0 aliphatic heterocycles. The first-order valence-corrected chi connectivity index (χ1v) is 5.66. The van der Waals surface area contributed by atoms with E-state index in [1.165, 1.54) is 6.07 Å². The molecule has 0 spiro atoms. The summed E-state index contributed by atoms with van der Waals surface area (Å²) >= 11 is 0. The molecule has 0 aliphatic rings. The quantitative estimate of drug-likeness (QED) is 0.820. The Morgan fingerprint density at radius 2 is 1.94 bits per heavy atom. The maximum atomic E-state index is 12.6. The van der Waals surface area contributed by atoms with Crippen LogP contribution < -0.4 is 0 Å². The van der Waals surface area contributed by atoms with Gasteiger partial charge in [-0.3, -0.25) is 4.55 Å². The second-order valence-corrected chi connectivity index (χ2v) is 4.57. The lowest BCUT2D eigenvalue weighted by Gasteiger charge is -2.07. The molecule has 0 saturated carbocycles. The predicted molar refractivity (Wildman–Crippen MR) is 58.1 cm³/mol. The van der Waals surface area contributed by atoms with E-state index in [4.69, 9.17) is 4.55 Å². The fourth-order valence-electron chi connectivity index (χ4n) is 1.43. The highest BCUT2D eigenvalue weighted by Crippen LogP contribution is 2.31. The smallest absolute Gasteiger partial charge is 0.282 e. The molecule has 18 heavy (non-hydrogen) atoms. The van der Waals surface area contributed by atoms with Crippen molar-refractivity contribution in [3.8, 4) is 0 Å². The van der Waals surface area contributed by atoms with Gasteiger partial charge in [-0.2, -0.15) is 8.42 Å². The fraction of sp³-hybridized carbons (Fsp3) is 0.125. The number of nitrogens with zero attached hydrogens (tertiary/aromatic N) is 2. The highest BCUT2D eigenvalue weighted by molar-refractivity contribution is 7.86. The summed E-state index contributed by atoms with van der Waals surface area (Å²) in [6, 6.07) is 2.41. The first-order valence-electron chi connectivity index (χ1n) is 4.22. The molecule has 0 fully saturated rings. The predicted octanol–water partition coefficient (Wildman–Crippen LogP) is 2.18. The van der Waals surface area contributed by atoms with Crippen molar-refractivity contribution < 1.29 is 26.1 Å². The van der Waals surface area contributed by atoms with Crippen LogP contribution in [0.15, 0.2) is 29.4 Å². The third-order valence-corrected chi connectivity index (χ3v) is 2.96. The molecule has 0 radical (unpaired) electrons. The van der Waals surface area contributed by atoms with Crippen LogP contribution in [0.25, 0.3) is 11.0 Å². The van der Waals surface area contributed by atoms with Gasteiger partial charge < -0.3 is 0 Å². The Balaban J connectivity index is 0.00000162. The Morgan fingerprint density at radius 3 is 2.44 bits per heavy atom. The molecule has 0 aliphatic carbocycles. The zero-order valence-electron chi connectivity index (χ0n) is 8.42. The molecule has 10 heteroatoms. The Hall–Kier alpha value is -1.32. The SMILES string of the molecule is Cl.O=S(=O)(O)c1cn(C(F)(F)F)c2ncccc12. The average molecular weight is 303 g/mol. The number of rotatable bonds is 1. The molecule has 2 rings (SSSR count). The maximum absolute atomic E-state index is 12.6. The number of pyridine rings is 1. The average Bonchev–Trinajstić information content (AvgIpc) is 2.55. The zero-order chi connectivity index (χ0) is 12.8. The summed E-state index contributed by atoms with van der Waals surface area (Å²) in [5, 5.41) is -0.285. The first-order chi connectivity index (χ1) is 7.71. The minimum Gasteiger partial charge on any atom is -0.282 e. The number of aromatic nitrogens is 2. The van der Waals surface area contributed by atoms with E-state index in [9.17, 15) is 21.6 Å². The van der Waals surface area contributed by atoms with Gasteiger partial charge in [0.2, 0.25) is 0 Å². The van der Waals surface area contributed by atoms with Crippen molar-refractivity contribution in [1.29, 1.82) is 0 Å². The molecule has 0 aromatic carbocycles. The minimum atomic E-state index is -4.81. The molecule has 0 amide bonds. The molecule has 0 saturated heterocycles. The second-order valence-electron chi connectivity index (χ2n) is 3.18. The van der Waals surface area contributed by atoms with Gasteiger partial charge in [0.25, 0.3) is 10.1 Å². The van der Waals surface area contributed by atoms with Crippen LogP contribution in [0.2, 0.25) is 0 Å². The van der Waals surface area contributed by atoms with E-state index < -0.39 is 27.0 Å². The van der Waals surface area contributed by atoms with Crippen LogP contribution in [-0.4, -0.2) is 22.5 Å². The maximum Gasteiger partial charge on any atom is 0.490 e. The van der Waals surface area contributed by atoms with E-state index in [1.54, 1.807) is 0 Å². The normalized spacial score (nSPS) is 12.4. The van der Waals surface area contributed by atoms with Gasteiger partial charge in [-0.05, 0) is 12.1 Å². The molecule has 0 atom stereocenters. The molecule has 2 heterocycles. The lowest BCUT2D eigenvalue weighted by molar-refractivity contribution is -0.201. The molecule has 0 unspecified atom stereocenters. The van der Waals surface area contributed by atoms with Crippen molar-refractivity contribution in [1.82, 2.24) is 9.55 Å². The van der Waals surface area contributed by atoms with Gasteiger partial charge in [0.15, 0.2) is 0 Å². The highest BCUT2D eigenvalue weighted by Gasteiger charge is 2.35. The fourth-order valence-corrected chi connectivity index (χ4v) is 2.10. The van der Waals surface area contributed by atoms with E-state index >= 15 is 0 Å². The highest BCUT2D eigenvalue weighted by atomic mass is 35.5. The summed E-state index contributed by atoms with van der Waals surface area (Å²) in [7, 11) is -4.73. The Kier molecular flexibility index (Phi) is 3.61. The van der Waals surface area contributed by atoms with Gasteiger partial charge in [-0.25, -0.2) is 9.55 Å². The Labute approximate surface area is 105 Å². The number of halogens is 4. The molecular weight excluding hydrogens is 297 g/mol. The molecule has 1 N–H and O–H groups in total. The van der Waals surface area contributed by atoms with Crippen molar-refractivity contribution >= 4 is 33.6 Å².